The Kier molecular flexibility index (Phi) is 2.92. The molecule has 1 heterocycles. The lowest BCUT2D eigenvalue weighted by atomic mass is 10.2. The highest BCUT2D eigenvalue weighted by atomic mass is 35.5. The summed E-state index contributed by atoms with van der Waals surface area (Å²) in [6, 6.07) is 5.53. The third-order valence-corrected chi connectivity index (χ3v) is 2.33. The van der Waals surface area contributed by atoms with E-state index in [9.17, 15) is 0 Å². The van der Waals surface area contributed by atoms with Gasteiger partial charge >= 0.3 is 0 Å². The zero-order chi connectivity index (χ0) is 11.5. The molecule has 0 saturated heterocycles. The van der Waals surface area contributed by atoms with E-state index in [0.717, 1.165) is 5.56 Å². The number of nitrogen functional groups attached to an aromatic ring is 1. The van der Waals surface area contributed by atoms with E-state index in [-0.39, 0.29) is 0 Å². The minimum atomic E-state index is 0.303. The number of rotatable bonds is 2. The molecule has 16 heavy (non-hydrogen) atoms. The summed E-state index contributed by atoms with van der Waals surface area (Å²) < 4.78 is 5.56. The Morgan fingerprint density at radius 3 is 2.88 bits per heavy atom. The molecule has 0 atom stereocenters. The van der Waals surface area contributed by atoms with Gasteiger partial charge in [-0.1, -0.05) is 23.7 Å². The first-order chi connectivity index (χ1) is 7.68. The molecule has 1 aromatic carbocycles. The standard InChI is InChI=1S/C11H10ClN3O/c1-7-3-2-4-9(13)10(7)16-11-8(12)5-14-6-15-11/h2-6H,13H2,1H3. The summed E-state index contributed by atoms with van der Waals surface area (Å²) in [4.78, 5) is 7.71. The summed E-state index contributed by atoms with van der Waals surface area (Å²) in [5.74, 6) is 0.876. The molecule has 0 aliphatic carbocycles. The van der Waals surface area contributed by atoms with Crippen molar-refractivity contribution in [2.45, 2.75) is 6.92 Å². The van der Waals surface area contributed by atoms with Gasteiger partial charge < -0.3 is 10.5 Å². The highest BCUT2D eigenvalue weighted by Crippen LogP contribution is 2.32. The van der Waals surface area contributed by atoms with E-state index in [2.05, 4.69) is 9.97 Å². The van der Waals surface area contributed by atoms with Crippen LogP contribution < -0.4 is 10.5 Å². The molecule has 5 heteroatoms. The SMILES string of the molecule is Cc1cccc(N)c1Oc1ncncc1Cl. The Hall–Kier alpha value is -1.81. The molecular weight excluding hydrogens is 226 g/mol. The van der Waals surface area contributed by atoms with Crippen LogP contribution in [-0.2, 0) is 0 Å². The van der Waals surface area contributed by atoms with Gasteiger partial charge in [-0.3, -0.25) is 0 Å². The summed E-state index contributed by atoms with van der Waals surface area (Å²) in [6.07, 6.45) is 2.84. The molecule has 0 aliphatic heterocycles. The molecule has 2 rings (SSSR count). The van der Waals surface area contributed by atoms with E-state index in [1.807, 2.05) is 19.1 Å². The van der Waals surface area contributed by atoms with Gasteiger partial charge in [-0.15, -0.1) is 0 Å². The zero-order valence-electron chi connectivity index (χ0n) is 8.64. The van der Waals surface area contributed by atoms with Crippen LogP contribution in [0.5, 0.6) is 11.6 Å². The number of ether oxygens (including phenoxy) is 1. The lowest BCUT2D eigenvalue weighted by Crippen LogP contribution is -1.96. The smallest absolute Gasteiger partial charge is 0.241 e. The van der Waals surface area contributed by atoms with Gasteiger partial charge in [-0.25, -0.2) is 9.97 Å². The van der Waals surface area contributed by atoms with Crippen LogP contribution in [0.4, 0.5) is 5.69 Å². The number of benzene rings is 1. The molecule has 2 N–H and O–H groups in total. The number of anilines is 1. The van der Waals surface area contributed by atoms with Crippen molar-refractivity contribution in [1.82, 2.24) is 9.97 Å². The Balaban J connectivity index is 2.38. The second kappa shape index (κ2) is 4.37. The Morgan fingerprint density at radius 1 is 1.38 bits per heavy atom. The minimum Gasteiger partial charge on any atom is -0.435 e. The fourth-order valence-corrected chi connectivity index (χ4v) is 1.43. The van der Waals surface area contributed by atoms with Gasteiger partial charge in [0, 0.05) is 0 Å². The van der Waals surface area contributed by atoms with Crippen molar-refractivity contribution in [2.75, 3.05) is 5.73 Å². The van der Waals surface area contributed by atoms with Crippen molar-refractivity contribution < 1.29 is 4.74 Å². The summed E-state index contributed by atoms with van der Waals surface area (Å²) in [7, 11) is 0. The lowest BCUT2D eigenvalue weighted by molar-refractivity contribution is 0.460. The number of hydrogen-bond acceptors (Lipinski definition) is 4. The fraction of sp³-hybridized carbons (Fsp3) is 0.0909. The van der Waals surface area contributed by atoms with Crippen LogP contribution in [0.25, 0.3) is 0 Å². The maximum atomic E-state index is 5.89. The Morgan fingerprint density at radius 2 is 2.19 bits per heavy atom. The van der Waals surface area contributed by atoms with Crippen LogP contribution in [0.2, 0.25) is 5.02 Å². The Bertz CT molecular complexity index is 496. The first-order valence-electron chi connectivity index (χ1n) is 4.67. The number of nitrogens with zero attached hydrogens (tertiary/aromatic N) is 2. The number of aryl methyl sites for hydroxylation is 1. The van der Waals surface area contributed by atoms with Gasteiger partial charge in [0.05, 0.1) is 11.9 Å². The van der Waals surface area contributed by atoms with Crippen molar-refractivity contribution in [3.63, 3.8) is 0 Å². The minimum absolute atomic E-state index is 0.303. The van der Waals surface area contributed by atoms with Gasteiger partial charge in [-0.05, 0) is 18.6 Å². The second-order valence-corrected chi connectivity index (χ2v) is 3.68. The number of hydrogen-bond donors (Lipinski definition) is 1. The number of nitrogens with two attached hydrogens (primary N) is 1. The van der Waals surface area contributed by atoms with Gasteiger partial charge in [0.2, 0.25) is 5.88 Å². The third-order valence-electron chi connectivity index (χ3n) is 2.07. The molecule has 0 bridgehead atoms. The van der Waals surface area contributed by atoms with Crippen LogP contribution in [0.15, 0.2) is 30.7 Å². The van der Waals surface area contributed by atoms with Crippen LogP contribution >= 0.6 is 11.6 Å². The van der Waals surface area contributed by atoms with Crippen LogP contribution in [-0.4, -0.2) is 9.97 Å². The zero-order valence-corrected chi connectivity index (χ0v) is 9.40. The molecule has 82 valence electrons. The highest BCUT2D eigenvalue weighted by Gasteiger charge is 2.09. The summed E-state index contributed by atoms with van der Waals surface area (Å²) in [6.45, 7) is 1.90. The highest BCUT2D eigenvalue weighted by molar-refractivity contribution is 6.31. The topological polar surface area (TPSA) is 61.0 Å². The molecule has 0 saturated carbocycles. The average molecular weight is 236 g/mol. The summed E-state index contributed by atoms with van der Waals surface area (Å²) in [5, 5.41) is 0.352. The van der Waals surface area contributed by atoms with E-state index in [0.29, 0.717) is 22.3 Å². The predicted octanol–water partition coefficient (Wildman–Crippen LogP) is 2.81. The molecule has 0 unspecified atom stereocenters. The number of para-hydroxylation sites is 1. The van der Waals surface area contributed by atoms with Gasteiger partial charge in [0.25, 0.3) is 0 Å². The Labute approximate surface area is 98.0 Å². The van der Waals surface area contributed by atoms with Gasteiger partial charge in [-0.2, -0.15) is 0 Å². The normalized spacial score (nSPS) is 10.1. The van der Waals surface area contributed by atoms with E-state index >= 15 is 0 Å². The molecule has 0 fully saturated rings. The van der Waals surface area contributed by atoms with Crippen molar-refractivity contribution in [2.24, 2.45) is 0 Å². The third kappa shape index (κ3) is 2.06. The quantitative estimate of drug-likeness (QED) is 0.813. The first-order valence-corrected chi connectivity index (χ1v) is 5.04. The summed E-state index contributed by atoms with van der Waals surface area (Å²) >= 11 is 5.89. The molecule has 2 aromatic rings. The van der Waals surface area contributed by atoms with Crippen molar-refractivity contribution in [3.05, 3.63) is 41.3 Å². The van der Waals surface area contributed by atoms with Gasteiger partial charge in [0.1, 0.15) is 11.3 Å². The number of halogens is 1. The van der Waals surface area contributed by atoms with Crippen LogP contribution in [0, 0.1) is 6.92 Å². The predicted molar refractivity (Wildman–Crippen MR) is 62.7 cm³/mol. The molecule has 1 aromatic heterocycles. The van der Waals surface area contributed by atoms with E-state index in [4.69, 9.17) is 22.1 Å². The maximum Gasteiger partial charge on any atom is 0.241 e. The second-order valence-electron chi connectivity index (χ2n) is 3.27. The fourth-order valence-electron chi connectivity index (χ4n) is 1.29. The van der Waals surface area contributed by atoms with Crippen molar-refractivity contribution in [3.8, 4) is 11.6 Å². The average Bonchev–Trinajstić information content (AvgIpc) is 2.26. The van der Waals surface area contributed by atoms with E-state index in [1.165, 1.54) is 12.5 Å². The van der Waals surface area contributed by atoms with Crippen LogP contribution in [0.1, 0.15) is 5.56 Å². The maximum absolute atomic E-state index is 5.89. The number of aromatic nitrogens is 2. The lowest BCUT2D eigenvalue weighted by Gasteiger charge is -2.10. The molecule has 0 radical (unpaired) electrons. The molecule has 0 amide bonds. The van der Waals surface area contributed by atoms with Crippen molar-refractivity contribution in [1.29, 1.82) is 0 Å². The van der Waals surface area contributed by atoms with E-state index < -0.39 is 0 Å². The first kappa shape index (κ1) is 10.7. The molecule has 0 aliphatic rings. The van der Waals surface area contributed by atoms with Gasteiger partial charge in [0.15, 0.2) is 5.75 Å². The molecular formula is C11H10ClN3O. The monoisotopic (exact) mass is 235 g/mol. The molecule has 0 spiro atoms. The largest absolute Gasteiger partial charge is 0.435 e. The van der Waals surface area contributed by atoms with Crippen molar-refractivity contribution >= 4 is 17.3 Å². The summed E-state index contributed by atoms with van der Waals surface area (Å²) in [5.41, 5.74) is 7.28. The van der Waals surface area contributed by atoms with Crippen LogP contribution in [0.3, 0.4) is 0 Å². The van der Waals surface area contributed by atoms with E-state index in [1.54, 1.807) is 6.07 Å². The molecule has 4 nitrogen and oxygen atoms in total.